The highest BCUT2D eigenvalue weighted by atomic mass is 16.4. The van der Waals surface area contributed by atoms with Gasteiger partial charge in [0.2, 0.25) is 0 Å². The van der Waals surface area contributed by atoms with E-state index in [1.54, 1.807) is 30.1 Å². The number of nitrogen functional groups attached to an aromatic ring is 1. The molecule has 0 spiro atoms. The van der Waals surface area contributed by atoms with Crippen LogP contribution in [0.25, 0.3) is 0 Å². The molecule has 0 saturated heterocycles. The van der Waals surface area contributed by atoms with Gasteiger partial charge in [-0.05, 0) is 31.0 Å². The first-order valence-electron chi connectivity index (χ1n) is 6.29. The minimum absolute atomic E-state index is 0.128. The number of nitrogens with one attached hydrogen (secondary N) is 1. The van der Waals surface area contributed by atoms with Crippen LogP contribution in [0.3, 0.4) is 0 Å². The van der Waals surface area contributed by atoms with Gasteiger partial charge in [-0.3, -0.25) is 4.68 Å². The van der Waals surface area contributed by atoms with Gasteiger partial charge in [-0.25, -0.2) is 4.79 Å². The highest BCUT2D eigenvalue weighted by Gasteiger charge is 2.11. The molecule has 0 aliphatic carbocycles. The number of rotatable bonds is 6. The van der Waals surface area contributed by atoms with Crippen LogP contribution < -0.4 is 11.1 Å². The zero-order valence-corrected chi connectivity index (χ0v) is 11.2. The number of carbonyl (C=O) groups is 1. The van der Waals surface area contributed by atoms with Crippen LogP contribution in [-0.4, -0.2) is 32.6 Å². The van der Waals surface area contributed by atoms with Crippen molar-refractivity contribution in [1.82, 2.24) is 15.0 Å². The van der Waals surface area contributed by atoms with Gasteiger partial charge in [0.15, 0.2) is 0 Å². The molecule has 2 aromatic rings. The van der Waals surface area contributed by atoms with E-state index in [2.05, 4.69) is 15.6 Å². The number of anilines is 2. The molecule has 0 unspecified atom stereocenters. The van der Waals surface area contributed by atoms with Crippen molar-refractivity contribution < 1.29 is 9.90 Å². The van der Waals surface area contributed by atoms with E-state index < -0.39 is 5.97 Å². The molecular weight excluding hydrogens is 258 g/mol. The number of aromatic carboxylic acids is 1. The van der Waals surface area contributed by atoms with Crippen LogP contribution in [0.1, 0.15) is 22.3 Å². The maximum Gasteiger partial charge on any atom is 0.337 e. The van der Waals surface area contributed by atoms with Gasteiger partial charge in [0.1, 0.15) is 0 Å². The Morgan fingerprint density at radius 1 is 1.50 bits per heavy atom. The fourth-order valence-electron chi connectivity index (χ4n) is 1.90. The molecule has 0 bridgehead atoms. The molecule has 106 valence electrons. The first kappa shape index (κ1) is 13.9. The van der Waals surface area contributed by atoms with Crippen molar-refractivity contribution >= 4 is 17.3 Å². The summed E-state index contributed by atoms with van der Waals surface area (Å²) in [4.78, 5) is 11.1. The number of benzene rings is 1. The molecule has 2 rings (SSSR count). The van der Waals surface area contributed by atoms with Gasteiger partial charge >= 0.3 is 5.97 Å². The number of aromatic nitrogens is 3. The van der Waals surface area contributed by atoms with E-state index in [-0.39, 0.29) is 5.56 Å². The summed E-state index contributed by atoms with van der Waals surface area (Å²) in [5, 5.41) is 19.9. The molecule has 0 saturated carbocycles. The Bertz CT molecular complexity index is 595. The van der Waals surface area contributed by atoms with Gasteiger partial charge < -0.3 is 16.2 Å². The van der Waals surface area contributed by atoms with Gasteiger partial charge in [0.05, 0.1) is 11.8 Å². The molecule has 7 heteroatoms. The number of hydrogen-bond donors (Lipinski definition) is 3. The second-order valence-electron chi connectivity index (χ2n) is 4.51. The topological polar surface area (TPSA) is 106 Å². The number of carboxylic acids is 1. The Balaban J connectivity index is 1.94. The third-order valence-electron chi connectivity index (χ3n) is 2.98. The van der Waals surface area contributed by atoms with Crippen LogP contribution >= 0.6 is 0 Å². The summed E-state index contributed by atoms with van der Waals surface area (Å²) in [5.74, 6) is -1.02. The summed E-state index contributed by atoms with van der Waals surface area (Å²) in [7, 11) is 0. The molecule has 0 radical (unpaired) electrons. The second-order valence-corrected chi connectivity index (χ2v) is 4.51. The minimum Gasteiger partial charge on any atom is -0.478 e. The molecule has 0 atom stereocenters. The number of nitrogens with zero attached hydrogens (tertiary/aromatic N) is 3. The second kappa shape index (κ2) is 6.05. The molecule has 1 heterocycles. The van der Waals surface area contributed by atoms with Crippen molar-refractivity contribution in [2.75, 3.05) is 17.6 Å². The van der Waals surface area contributed by atoms with E-state index >= 15 is 0 Å². The molecule has 20 heavy (non-hydrogen) atoms. The molecule has 4 N–H and O–H groups in total. The molecule has 0 amide bonds. The Morgan fingerprint density at radius 2 is 2.30 bits per heavy atom. The van der Waals surface area contributed by atoms with Crippen molar-refractivity contribution in [3.05, 3.63) is 35.7 Å². The summed E-state index contributed by atoms with van der Waals surface area (Å²) >= 11 is 0. The van der Waals surface area contributed by atoms with E-state index in [4.69, 9.17) is 10.8 Å². The highest BCUT2D eigenvalue weighted by molar-refractivity contribution is 5.95. The molecule has 0 fully saturated rings. The van der Waals surface area contributed by atoms with Crippen LogP contribution in [-0.2, 0) is 6.54 Å². The summed E-state index contributed by atoms with van der Waals surface area (Å²) < 4.78 is 1.75. The lowest BCUT2D eigenvalue weighted by molar-refractivity contribution is 0.0698. The highest BCUT2D eigenvalue weighted by Crippen LogP contribution is 2.22. The van der Waals surface area contributed by atoms with Crippen molar-refractivity contribution in [2.24, 2.45) is 0 Å². The monoisotopic (exact) mass is 275 g/mol. The lowest BCUT2D eigenvalue weighted by atomic mass is 10.1. The van der Waals surface area contributed by atoms with Gasteiger partial charge in [0, 0.05) is 30.7 Å². The van der Waals surface area contributed by atoms with Crippen LogP contribution in [0, 0.1) is 6.92 Å². The largest absolute Gasteiger partial charge is 0.478 e. The molecule has 1 aromatic heterocycles. The van der Waals surface area contributed by atoms with Crippen LogP contribution in [0.15, 0.2) is 24.5 Å². The first-order valence-corrected chi connectivity index (χ1v) is 6.29. The lowest BCUT2D eigenvalue weighted by Crippen LogP contribution is -2.10. The van der Waals surface area contributed by atoms with E-state index in [1.807, 2.05) is 6.07 Å². The van der Waals surface area contributed by atoms with Crippen molar-refractivity contribution in [3.8, 4) is 0 Å². The predicted octanol–water partition coefficient (Wildman–Crippen LogP) is 1.37. The van der Waals surface area contributed by atoms with Gasteiger partial charge in [-0.2, -0.15) is 0 Å². The SMILES string of the molecule is Cc1cc(NCCCn2ccnn2)cc(C(=O)O)c1N. The number of hydrogen-bond acceptors (Lipinski definition) is 5. The van der Waals surface area contributed by atoms with Gasteiger partial charge in [-0.1, -0.05) is 5.21 Å². The smallest absolute Gasteiger partial charge is 0.337 e. The average Bonchev–Trinajstić information content (AvgIpc) is 2.91. The average molecular weight is 275 g/mol. The first-order chi connectivity index (χ1) is 9.58. The van der Waals surface area contributed by atoms with E-state index in [0.717, 1.165) is 24.2 Å². The maximum atomic E-state index is 11.1. The number of aryl methyl sites for hydroxylation is 2. The Kier molecular flexibility index (Phi) is 4.19. The van der Waals surface area contributed by atoms with Crippen molar-refractivity contribution in [1.29, 1.82) is 0 Å². The molecule has 0 aliphatic heterocycles. The number of carboxylic acid groups (broad SMARTS) is 1. The van der Waals surface area contributed by atoms with E-state index in [1.165, 1.54) is 0 Å². The van der Waals surface area contributed by atoms with Gasteiger partial charge in [0.25, 0.3) is 0 Å². The number of nitrogens with two attached hydrogens (primary N) is 1. The summed E-state index contributed by atoms with van der Waals surface area (Å²) in [6.07, 6.45) is 4.29. The molecule has 7 nitrogen and oxygen atoms in total. The maximum absolute atomic E-state index is 11.1. The van der Waals surface area contributed by atoms with E-state index in [9.17, 15) is 4.79 Å². The summed E-state index contributed by atoms with van der Waals surface area (Å²) in [6, 6.07) is 3.40. The summed E-state index contributed by atoms with van der Waals surface area (Å²) in [6.45, 7) is 3.26. The van der Waals surface area contributed by atoms with E-state index in [0.29, 0.717) is 12.2 Å². The van der Waals surface area contributed by atoms with Crippen LogP contribution in [0.4, 0.5) is 11.4 Å². The lowest BCUT2D eigenvalue weighted by Gasteiger charge is -2.11. The Hall–Kier alpha value is -2.57. The fraction of sp³-hybridized carbons (Fsp3) is 0.308. The molecule has 1 aromatic carbocycles. The van der Waals surface area contributed by atoms with Crippen molar-refractivity contribution in [3.63, 3.8) is 0 Å². The summed E-state index contributed by atoms with van der Waals surface area (Å²) in [5.41, 5.74) is 7.69. The third kappa shape index (κ3) is 3.25. The Morgan fingerprint density at radius 3 is 2.95 bits per heavy atom. The normalized spacial score (nSPS) is 10.4. The van der Waals surface area contributed by atoms with Crippen molar-refractivity contribution in [2.45, 2.75) is 19.9 Å². The van der Waals surface area contributed by atoms with Gasteiger partial charge in [-0.15, -0.1) is 5.10 Å². The fourth-order valence-corrected chi connectivity index (χ4v) is 1.90. The molecular formula is C13H17N5O2. The Labute approximate surface area is 116 Å². The zero-order chi connectivity index (χ0) is 14.5. The zero-order valence-electron chi connectivity index (χ0n) is 11.2. The third-order valence-corrected chi connectivity index (χ3v) is 2.98. The van der Waals surface area contributed by atoms with Crippen LogP contribution in [0.5, 0.6) is 0 Å². The standard InChI is InChI=1S/C13H17N5O2/c1-9-7-10(8-11(12(9)14)13(19)20)15-3-2-5-18-6-4-16-17-18/h4,6-8,15H,2-3,5,14H2,1H3,(H,19,20). The van der Waals surface area contributed by atoms with Crippen LogP contribution in [0.2, 0.25) is 0 Å². The minimum atomic E-state index is -1.02. The quantitative estimate of drug-likeness (QED) is 0.543. The molecule has 0 aliphatic rings. The predicted molar refractivity (Wildman–Crippen MR) is 75.7 cm³/mol.